The van der Waals surface area contributed by atoms with Crippen LogP contribution in [0.4, 0.5) is 4.39 Å². The van der Waals surface area contributed by atoms with Gasteiger partial charge in [0.05, 0.1) is 11.7 Å². The molecule has 0 saturated heterocycles. The smallest absolute Gasteiger partial charge is 0.150 e. The van der Waals surface area contributed by atoms with Crippen molar-refractivity contribution in [3.63, 3.8) is 0 Å². The third kappa shape index (κ3) is 3.13. The van der Waals surface area contributed by atoms with Crippen LogP contribution in [0.3, 0.4) is 0 Å². The van der Waals surface area contributed by atoms with Gasteiger partial charge in [0.1, 0.15) is 17.9 Å². The van der Waals surface area contributed by atoms with E-state index < -0.39 is 0 Å². The molecule has 0 saturated carbocycles. The number of carbonyl (C=O) groups excluding carboxylic acids is 1. The van der Waals surface area contributed by atoms with Gasteiger partial charge < -0.3 is 5.32 Å². The average molecular weight is 322 g/mol. The summed E-state index contributed by atoms with van der Waals surface area (Å²) in [5, 5.41) is 3.27. The summed E-state index contributed by atoms with van der Waals surface area (Å²) in [5.74, 6) is 0.584. The molecule has 3 rings (SSSR count). The molecule has 0 amide bonds. The minimum absolute atomic E-state index is 0.168. The van der Waals surface area contributed by atoms with E-state index in [0.29, 0.717) is 11.3 Å². The summed E-state index contributed by atoms with van der Waals surface area (Å²) in [7, 11) is 0. The Hall–Kier alpha value is -2.75. The number of aldehydes is 1. The Kier molecular flexibility index (Phi) is 4.56. The van der Waals surface area contributed by atoms with Gasteiger partial charge in [-0.2, -0.15) is 0 Å². The lowest BCUT2D eigenvalue weighted by Gasteiger charge is -2.28. The molecule has 3 nitrogen and oxygen atoms in total. The van der Waals surface area contributed by atoms with Crippen molar-refractivity contribution in [2.24, 2.45) is 10.9 Å². The molecule has 4 heteroatoms. The number of rotatable bonds is 4. The van der Waals surface area contributed by atoms with E-state index in [2.05, 4.69) is 5.32 Å². The number of amidine groups is 1. The van der Waals surface area contributed by atoms with Crippen LogP contribution in [0.2, 0.25) is 0 Å². The third-order valence-corrected chi connectivity index (χ3v) is 4.06. The second-order valence-corrected chi connectivity index (χ2v) is 6.11. The fourth-order valence-corrected chi connectivity index (χ4v) is 2.81. The van der Waals surface area contributed by atoms with Gasteiger partial charge in [-0.1, -0.05) is 44.2 Å². The molecule has 1 aliphatic rings. The van der Waals surface area contributed by atoms with Crippen molar-refractivity contribution in [2.75, 3.05) is 0 Å². The largest absolute Gasteiger partial charge is 0.339 e. The molecule has 2 aromatic carbocycles. The van der Waals surface area contributed by atoms with Gasteiger partial charge in [0.2, 0.25) is 0 Å². The van der Waals surface area contributed by atoms with Crippen molar-refractivity contribution in [2.45, 2.75) is 19.9 Å². The van der Waals surface area contributed by atoms with E-state index >= 15 is 0 Å². The van der Waals surface area contributed by atoms with Crippen molar-refractivity contribution in [1.29, 1.82) is 0 Å². The van der Waals surface area contributed by atoms with Gasteiger partial charge in [-0.15, -0.1) is 0 Å². The fourth-order valence-electron chi connectivity index (χ4n) is 2.81. The lowest BCUT2D eigenvalue weighted by molar-refractivity contribution is -0.105. The van der Waals surface area contributed by atoms with Gasteiger partial charge in [-0.05, 0) is 35.7 Å². The highest BCUT2D eigenvalue weighted by molar-refractivity contribution is 6.08. The molecule has 1 unspecified atom stereocenters. The topological polar surface area (TPSA) is 41.5 Å². The zero-order chi connectivity index (χ0) is 17.1. The third-order valence-electron chi connectivity index (χ3n) is 4.06. The summed E-state index contributed by atoms with van der Waals surface area (Å²) in [5.41, 5.74) is 3.01. The summed E-state index contributed by atoms with van der Waals surface area (Å²) in [6.45, 7) is 4.07. The monoisotopic (exact) mass is 322 g/mol. The summed E-state index contributed by atoms with van der Waals surface area (Å²) in [6, 6.07) is 15.7. The van der Waals surface area contributed by atoms with Crippen LogP contribution < -0.4 is 5.32 Å². The first-order chi connectivity index (χ1) is 11.6. The van der Waals surface area contributed by atoms with Gasteiger partial charge in [-0.3, -0.25) is 9.79 Å². The number of nitrogens with one attached hydrogen (secondary N) is 1. The number of benzene rings is 2. The van der Waals surface area contributed by atoms with Crippen LogP contribution in [0.5, 0.6) is 0 Å². The van der Waals surface area contributed by atoms with Crippen LogP contribution >= 0.6 is 0 Å². The molecule has 0 radical (unpaired) electrons. The first-order valence-corrected chi connectivity index (χ1v) is 7.95. The quantitative estimate of drug-likeness (QED) is 0.870. The van der Waals surface area contributed by atoms with Crippen molar-refractivity contribution in [3.8, 4) is 0 Å². The van der Waals surface area contributed by atoms with E-state index in [0.717, 1.165) is 23.2 Å². The number of carbonyl (C=O) groups is 1. The first-order valence-electron chi connectivity index (χ1n) is 7.95. The van der Waals surface area contributed by atoms with Gasteiger partial charge in [0, 0.05) is 11.1 Å². The predicted molar refractivity (Wildman–Crippen MR) is 94.1 cm³/mol. The molecule has 1 atom stereocenters. The predicted octanol–water partition coefficient (Wildman–Crippen LogP) is 3.81. The lowest BCUT2D eigenvalue weighted by atomic mass is 9.91. The number of hydrogen-bond acceptors (Lipinski definition) is 3. The van der Waals surface area contributed by atoms with Crippen LogP contribution in [0, 0.1) is 11.7 Å². The van der Waals surface area contributed by atoms with Crippen LogP contribution in [-0.4, -0.2) is 18.2 Å². The Labute approximate surface area is 140 Å². The summed E-state index contributed by atoms with van der Waals surface area (Å²) >= 11 is 0. The number of halogens is 1. The highest BCUT2D eigenvalue weighted by atomic mass is 19.1. The van der Waals surface area contributed by atoms with Crippen molar-refractivity contribution in [3.05, 3.63) is 77.1 Å². The van der Waals surface area contributed by atoms with Crippen LogP contribution in [0.15, 0.2) is 65.2 Å². The van der Waals surface area contributed by atoms with Crippen LogP contribution in [0.1, 0.15) is 25.0 Å². The van der Waals surface area contributed by atoms with Crippen molar-refractivity contribution < 1.29 is 9.18 Å². The van der Waals surface area contributed by atoms with Gasteiger partial charge >= 0.3 is 0 Å². The normalized spacial score (nSPS) is 17.5. The van der Waals surface area contributed by atoms with Gasteiger partial charge in [0.15, 0.2) is 0 Å². The van der Waals surface area contributed by atoms with E-state index in [9.17, 15) is 9.18 Å². The average Bonchev–Trinajstić information content (AvgIpc) is 2.62. The molecule has 2 aromatic rings. The van der Waals surface area contributed by atoms with Crippen LogP contribution in [0.25, 0.3) is 5.70 Å². The molecule has 0 fully saturated rings. The molecule has 0 aliphatic carbocycles. The maximum atomic E-state index is 13.2. The maximum absolute atomic E-state index is 13.2. The zero-order valence-electron chi connectivity index (χ0n) is 13.7. The summed E-state index contributed by atoms with van der Waals surface area (Å²) in [6.07, 6.45) is 0.849. The summed E-state index contributed by atoms with van der Waals surface area (Å²) < 4.78 is 13.2. The highest BCUT2D eigenvalue weighted by Crippen LogP contribution is 2.28. The minimum Gasteiger partial charge on any atom is -0.339 e. The Morgan fingerprint density at radius 1 is 1.04 bits per heavy atom. The maximum Gasteiger partial charge on any atom is 0.150 e. The molecule has 1 N–H and O–H groups in total. The molecule has 122 valence electrons. The summed E-state index contributed by atoms with van der Waals surface area (Å²) in [4.78, 5) is 16.5. The SMILES string of the molecule is CC(C)C1N=C(c2ccccc2)NC(c2ccc(F)cc2)=C1C=O. The molecular formula is C20H19FN2O. The second kappa shape index (κ2) is 6.79. The first kappa shape index (κ1) is 16.1. The van der Waals surface area contributed by atoms with E-state index in [1.807, 2.05) is 44.2 Å². The van der Waals surface area contributed by atoms with Gasteiger partial charge in [0.25, 0.3) is 0 Å². The van der Waals surface area contributed by atoms with Crippen molar-refractivity contribution in [1.82, 2.24) is 5.32 Å². The number of aliphatic imine (C=N–C) groups is 1. The van der Waals surface area contributed by atoms with E-state index in [1.165, 1.54) is 12.1 Å². The molecule has 0 aromatic heterocycles. The molecule has 1 heterocycles. The van der Waals surface area contributed by atoms with Crippen molar-refractivity contribution >= 4 is 17.8 Å². The molecule has 1 aliphatic heterocycles. The van der Waals surface area contributed by atoms with E-state index in [-0.39, 0.29) is 17.8 Å². The standard InChI is InChI=1S/C20H19FN2O/c1-13(2)18-17(12-24)19(14-8-10-16(21)11-9-14)23-20(22-18)15-6-4-3-5-7-15/h3-13,18H,1-2H3,(H,22,23). The van der Waals surface area contributed by atoms with Crippen LogP contribution in [-0.2, 0) is 4.79 Å². The Morgan fingerprint density at radius 2 is 1.71 bits per heavy atom. The Morgan fingerprint density at radius 3 is 2.29 bits per heavy atom. The second-order valence-electron chi connectivity index (χ2n) is 6.11. The minimum atomic E-state index is -0.305. The number of hydrogen-bond donors (Lipinski definition) is 1. The molecule has 0 spiro atoms. The zero-order valence-corrected chi connectivity index (χ0v) is 13.7. The Balaban J connectivity index is 2.10. The van der Waals surface area contributed by atoms with E-state index in [4.69, 9.17) is 4.99 Å². The molecule has 24 heavy (non-hydrogen) atoms. The molecular weight excluding hydrogens is 303 g/mol. The van der Waals surface area contributed by atoms with Gasteiger partial charge in [-0.25, -0.2) is 4.39 Å². The number of nitrogens with zero attached hydrogens (tertiary/aromatic N) is 1. The Bertz CT molecular complexity index is 792. The highest BCUT2D eigenvalue weighted by Gasteiger charge is 2.27. The van der Waals surface area contributed by atoms with E-state index in [1.54, 1.807) is 12.1 Å². The lowest BCUT2D eigenvalue weighted by Crippen LogP contribution is -2.35. The fraction of sp³-hybridized carbons (Fsp3) is 0.200. The molecule has 0 bridgehead atoms.